The second kappa shape index (κ2) is 5.30. The third-order valence-electron chi connectivity index (χ3n) is 2.41. The highest BCUT2D eigenvalue weighted by Gasteiger charge is 2.03. The number of rotatable bonds is 3. The van der Waals surface area contributed by atoms with Crippen LogP contribution in [0.1, 0.15) is 24.3 Å². The second-order valence-corrected chi connectivity index (χ2v) is 3.83. The molecule has 2 rings (SSSR count). The van der Waals surface area contributed by atoms with E-state index in [1.807, 2.05) is 6.07 Å². The van der Waals surface area contributed by atoms with Gasteiger partial charge in [-0.2, -0.15) is 5.26 Å². The van der Waals surface area contributed by atoms with Crippen molar-refractivity contribution in [1.29, 1.82) is 5.26 Å². The van der Waals surface area contributed by atoms with Crippen LogP contribution in [0.25, 0.3) is 0 Å². The first-order valence-electron chi connectivity index (χ1n) is 5.51. The molecule has 1 heterocycles. The molecule has 0 spiro atoms. The second-order valence-electron chi connectivity index (χ2n) is 3.83. The Kier molecular flexibility index (Phi) is 3.56. The molecule has 90 valence electrons. The summed E-state index contributed by atoms with van der Waals surface area (Å²) in [6, 6.07) is 12.3. The van der Waals surface area contributed by atoms with Gasteiger partial charge in [-0.3, -0.25) is 4.98 Å². The van der Waals surface area contributed by atoms with E-state index >= 15 is 0 Å². The van der Waals surface area contributed by atoms with Crippen LogP contribution in [0.2, 0.25) is 0 Å². The van der Waals surface area contributed by atoms with Gasteiger partial charge in [0.15, 0.2) is 0 Å². The van der Waals surface area contributed by atoms with Gasteiger partial charge in [0.1, 0.15) is 11.5 Å². The number of nitrogens with zero attached hydrogens (tertiary/aromatic N) is 2. The van der Waals surface area contributed by atoms with Gasteiger partial charge in [0, 0.05) is 0 Å². The summed E-state index contributed by atoms with van der Waals surface area (Å²) in [6.45, 7) is 1.66. The predicted octanol–water partition coefficient (Wildman–Crippen LogP) is 2.80. The molecule has 4 heteroatoms. The van der Waals surface area contributed by atoms with Gasteiger partial charge in [0.2, 0.25) is 0 Å². The zero-order chi connectivity index (χ0) is 13.0. The highest BCUT2D eigenvalue weighted by Crippen LogP contribution is 2.21. The number of ether oxygens (including phenoxy) is 1. The number of hydrogen-bond donors (Lipinski definition) is 1. The maximum absolute atomic E-state index is 9.33. The molecule has 1 aromatic heterocycles. The Hall–Kier alpha value is -2.38. The van der Waals surface area contributed by atoms with Crippen LogP contribution in [0, 0.1) is 11.3 Å². The zero-order valence-corrected chi connectivity index (χ0v) is 9.87. The molecule has 1 N–H and O–H groups in total. The van der Waals surface area contributed by atoms with Crippen molar-refractivity contribution in [2.24, 2.45) is 0 Å². The quantitative estimate of drug-likeness (QED) is 0.895. The van der Waals surface area contributed by atoms with Crippen LogP contribution in [0.15, 0.2) is 42.6 Å². The molecule has 0 amide bonds. The van der Waals surface area contributed by atoms with Crippen molar-refractivity contribution in [2.75, 3.05) is 0 Å². The molecule has 0 fully saturated rings. The maximum Gasteiger partial charge on any atom is 0.145 e. The van der Waals surface area contributed by atoms with Crippen LogP contribution in [-0.4, -0.2) is 10.1 Å². The normalized spacial score (nSPS) is 11.6. The molecule has 1 unspecified atom stereocenters. The first kappa shape index (κ1) is 12.1. The Morgan fingerprint density at radius 2 is 1.83 bits per heavy atom. The fourth-order valence-corrected chi connectivity index (χ4v) is 1.43. The summed E-state index contributed by atoms with van der Waals surface area (Å²) in [7, 11) is 0. The van der Waals surface area contributed by atoms with Crippen LogP contribution in [-0.2, 0) is 0 Å². The molecule has 0 saturated carbocycles. The highest BCUT2D eigenvalue weighted by atomic mass is 16.5. The van der Waals surface area contributed by atoms with E-state index in [1.54, 1.807) is 49.5 Å². The number of aromatic nitrogens is 1. The van der Waals surface area contributed by atoms with Crippen LogP contribution in [0.3, 0.4) is 0 Å². The summed E-state index contributed by atoms with van der Waals surface area (Å²) in [4.78, 5) is 4.08. The molecule has 1 atom stereocenters. The van der Waals surface area contributed by atoms with E-state index in [4.69, 9.17) is 10.00 Å². The summed E-state index contributed by atoms with van der Waals surface area (Å²) >= 11 is 0. The van der Waals surface area contributed by atoms with Crippen LogP contribution in [0.4, 0.5) is 0 Å². The standard InChI is InChI=1S/C14H12N2O2/c1-10(17)14-7-6-13(9-16-14)18-12-4-2-11(8-15)3-5-12/h2-7,9-10,17H,1H3. The lowest BCUT2D eigenvalue weighted by molar-refractivity contribution is 0.194. The molecule has 0 aliphatic heterocycles. The molecule has 0 saturated heterocycles. The minimum Gasteiger partial charge on any atom is -0.456 e. The van der Waals surface area contributed by atoms with Crippen molar-refractivity contribution in [3.63, 3.8) is 0 Å². The molecule has 2 aromatic rings. The van der Waals surface area contributed by atoms with Gasteiger partial charge >= 0.3 is 0 Å². The molecule has 0 radical (unpaired) electrons. The highest BCUT2D eigenvalue weighted by molar-refractivity contribution is 5.36. The summed E-state index contributed by atoms with van der Waals surface area (Å²) in [5, 5.41) is 18.0. The first-order valence-corrected chi connectivity index (χ1v) is 5.51. The van der Waals surface area contributed by atoms with Gasteiger partial charge in [-0.05, 0) is 43.3 Å². The zero-order valence-electron chi connectivity index (χ0n) is 9.87. The van der Waals surface area contributed by atoms with E-state index in [0.29, 0.717) is 22.8 Å². The molecular weight excluding hydrogens is 228 g/mol. The third kappa shape index (κ3) is 2.84. The molecule has 1 aromatic carbocycles. The van der Waals surface area contributed by atoms with Crippen molar-refractivity contribution < 1.29 is 9.84 Å². The predicted molar refractivity (Wildman–Crippen MR) is 66.1 cm³/mol. The smallest absolute Gasteiger partial charge is 0.145 e. The Bertz CT molecular complexity index is 554. The lowest BCUT2D eigenvalue weighted by Crippen LogP contribution is -1.95. The van der Waals surface area contributed by atoms with Gasteiger partial charge < -0.3 is 9.84 Å². The summed E-state index contributed by atoms with van der Waals surface area (Å²) in [5.74, 6) is 1.23. The Morgan fingerprint density at radius 3 is 2.33 bits per heavy atom. The molecule has 0 aliphatic carbocycles. The van der Waals surface area contributed by atoms with Gasteiger partial charge in [-0.25, -0.2) is 0 Å². The van der Waals surface area contributed by atoms with Crippen molar-refractivity contribution >= 4 is 0 Å². The van der Waals surface area contributed by atoms with Crippen LogP contribution in [0.5, 0.6) is 11.5 Å². The molecule has 0 bridgehead atoms. The number of benzene rings is 1. The average molecular weight is 240 g/mol. The third-order valence-corrected chi connectivity index (χ3v) is 2.41. The number of hydrogen-bond acceptors (Lipinski definition) is 4. The topological polar surface area (TPSA) is 66.1 Å². The van der Waals surface area contributed by atoms with E-state index in [0.717, 1.165) is 0 Å². The SMILES string of the molecule is CC(O)c1ccc(Oc2ccc(C#N)cc2)cn1. The monoisotopic (exact) mass is 240 g/mol. The Labute approximate surface area is 105 Å². The average Bonchev–Trinajstić information content (AvgIpc) is 2.40. The number of pyridine rings is 1. The van der Waals surface area contributed by atoms with Crippen molar-refractivity contribution in [2.45, 2.75) is 13.0 Å². The maximum atomic E-state index is 9.33. The van der Waals surface area contributed by atoms with Gasteiger partial charge in [-0.15, -0.1) is 0 Å². The first-order chi connectivity index (χ1) is 8.69. The summed E-state index contributed by atoms with van der Waals surface area (Å²) < 4.78 is 5.56. The fourth-order valence-electron chi connectivity index (χ4n) is 1.43. The van der Waals surface area contributed by atoms with E-state index in [1.165, 1.54) is 0 Å². The minimum absolute atomic E-state index is 0.587. The van der Waals surface area contributed by atoms with E-state index in [-0.39, 0.29) is 0 Å². The lowest BCUT2D eigenvalue weighted by atomic mass is 10.2. The van der Waals surface area contributed by atoms with Crippen LogP contribution >= 0.6 is 0 Å². The van der Waals surface area contributed by atoms with E-state index in [2.05, 4.69) is 4.98 Å². The van der Waals surface area contributed by atoms with Gasteiger partial charge in [0.05, 0.1) is 29.6 Å². The largest absolute Gasteiger partial charge is 0.456 e. The molecule has 0 aliphatic rings. The van der Waals surface area contributed by atoms with Crippen molar-refractivity contribution in [3.8, 4) is 17.6 Å². The summed E-state index contributed by atoms with van der Waals surface area (Å²) in [5.41, 5.74) is 1.19. The Balaban J connectivity index is 2.11. The number of aliphatic hydroxyl groups excluding tert-OH is 1. The number of aliphatic hydroxyl groups is 1. The molecule has 18 heavy (non-hydrogen) atoms. The fraction of sp³-hybridized carbons (Fsp3) is 0.143. The van der Waals surface area contributed by atoms with E-state index < -0.39 is 6.10 Å². The molecule has 4 nitrogen and oxygen atoms in total. The van der Waals surface area contributed by atoms with Gasteiger partial charge in [0.25, 0.3) is 0 Å². The lowest BCUT2D eigenvalue weighted by Gasteiger charge is -2.07. The summed E-state index contributed by atoms with van der Waals surface area (Å²) in [6.07, 6.45) is 0.967. The number of nitriles is 1. The molecular formula is C14H12N2O2. The van der Waals surface area contributed by atoms with Crippen LogP contribution < -0.4 is 4.74 Å². The van der Waals surface area contributed by atoms with Crippen molar-refractivity contribution in [3.05, 3.63) is 53.9 Å². The van der Waals surface area contributed by atoms with Crippen molar-refractivity contribution in [1.82, 2.24) is 4.98 Å². The Morgan fingerprint density at radius 1 is 1.17 bits per heavy atom. The van der Waals surface area contributed by atoms with E-state index in [9.17, 15) is 5.11 Å². The van der Waals surface area contributed by atoms with Gasteiger partial charge in [-0.1, -0.05) is 0 Å². The minimum atomic E-state index is -0.589.